The molecule has 1 saturated heterocycles. The number of aryl methyl sites for hydroxylation is 3. The number of hydrogen-bond acceptors (Lipinski definition) is 7. The number of nitrogens with zero attached hydrogens (tertiary/aromatic N) is 6. The summed E-state index contributed by atoms with van der Waals surface area (Å²) in [5.41, 5.74) is 2.55. The van der Waals surface area contributed by atoms with Crippen LogP contribution >= 0.6 is 0 Å². The predicted octanol–water partition coefficient (Wildman–Crippen LogP) is 1.07. The average molecular weight is 458 g/mol. The molecule has 170 valence electrons. The largest absolute Gasteiger partial charge is 0.353 e. The van der Waals surface area contributed by atoms with Gasteiger partial charge >= 0.3 is 0 Å². The van der Waals surface area contributed by atoms with Crippen LogP contribution < -0.4 is 9.62 Å². The average Bonchev–Trinajstić information content (AvgIpc) is 3.21. The first-order valence-electron chi connectivity index (χ1n) is 10.5. The van der Waals surface area contributed by atoms with Crippen molar-refractivity contribution in [2.24, 2.45) is 0 Å². The van der Waals surface area contributed by atoms with E-state index in [1.807, 2.05) is 26.0 Å². The van der Waals surface area contributed by atoms with Crippen LogP contribution in [0.15, 0.2) is 35.5 Å². The summed E-state index contributed by atoms with van der Waals surface area (Å²) < 4.78 is 29.4. The highest BCUT2D eigenvalue weighted by atomic mass is 32.2. The van der Waals surface area contributed by atoms with Crippen LogP contribution in [0.25, 0.3) is 5.78 Å². The van der Waals surface area contributed by atoms with Crippen molar-refractivity contribution in [3.63, 3.8) is 0 Å². The van der Waals surface area contributed by atoms with E-state index in [0.29, 0.717) is 37.5 Å². The van der Waals surface area contributed by atoms with E-state index in [0.717, 1.165) is 17.1 Å². The first-order valence-corrected chi connectivity index (χ1v) is 12.0. The smallest absolute Gasteiger partial charge is 0.254 e. The van der Waals surface area contributed by atoms with Gasteiger partial charge in [-0.05, 0) is 32.4 Å². The molecular weight excluding hydrogens is 430 g/mol. The number of aromatic nitrogens is 4. The van der Waals surface area contributed by atoms with Gasteiger partial charge in [0.25, 0.3) is 5.78 Å². The molecule has 2 aromatic heterocycles. The van der Waals surface area contributed by atoms with Crippen LogP contribution in [0, 0.1) is 20.8 Å². The first-order chi connectivity index (χ1) is 15.2. The van der Waals surface area contributed by atoms with Crippen LogP contribution in [0.3, 0.4) is 0 Å². The molecule has 0 saturated carbocycles. The Morgan fingerprint density at radius 1 is 1.09 bits per heavy atom. The molecule has 1 fully saturated rings. The Morgan fingerprint density at radius 2 is 1.84 bits per heavy atom. The predicted molar refractivity (Wildman–Crippen MR) is 120 cm³/mol. The first kappa shape index (κ1) is 22.2. The molecular formula is C21H27N7O3S. The number of anilines is 1. The maximum atomic E-state index is 12.6. The lowest BCUT2D eigenvalue weighted by atomic mass is 10.2. The molecule has 0 bridgehead atoms. The number of fused-ring (bicyclic) bond motifs is 1. The molecule has 0 radical (unpaired) electrons. The highest BCUT2D eigenvalue weighted by Gasteiger charge is 2.24. The van der Waals surface area contributed by atoms with Gasteiger partial charge in [0.05, 0.1) is 4.90 Å². The minimum Gasteiger partial charge on any atom is -0.353 e. The van der Waals surface area contributed by atoms with E-state index in [2.05, 4.69) is 24.7 Å². The Hall–Kier alpha value is -3.05. The van der Waals surface area contributed by atoms with Crippen LogP contribution in [0.1, 0.15) is 23.2 Å². The third-order valence-electron chi connectivity index (χ3n) is 5.57. The van der Waals surface area contributed by atoms with Gasteiger partial charge in [0.1, 0.15) is 12.1 Å². The quantitative estimate of drug-likeness (QED) is 0.589. The molecule has 10 nitrogen and oxygen atoms in total. The minimum absolute atomic E-state index is 0.0650. The van der Waals surface area contributed by atoms with E-state index in [1.165, 1.54) is 6.33 Å². The molecule has 0 atom stereocenters. The van der Waals surface area contributed by atoms with Gasteiger partial charge in [0, 0.05) is 50.9 Å². The molecule has 11 heteroatoms. The van der Waals surface area contributed by atoms with Crippen LogP contribution in [-0.4, -0.2) is 71.5 Å². The molecule has 1 aromatic carbocycles. The van der Waals surface area contributed by atoms with E-state index in [9.17, 15) is 13.2 Å². The van der Waals surface area contributed by atoms with Gasteiger partial charge in [-0.15, -0.1) is 0 Å². The normalized spacial score (nSPS) is 14.8. The monoisotopic (exact) mass is 457 g/mol. The molecule has 4 rings (SSSR count). The Bertz CT molecular complexity index is 1250. The van der Waals surface area contributed by atoms with E-state index in [4.69, 9.17) is 0 Å². The van der Waals surface area contributed by atoms with Crippen LogP contribution in [0.5, 0.6) is 0 Å². The van der Waals surface area contributed by atoms with Gasteiger partial charge in [-0.3, -0.25) is 4.79 Å². The van der Waals surface area contributed by atoms with Crippen LogP contribution in [0.4, 0.5) is 5.82 Å². The maximum Gasteiger partial charge on any atom is 0.254 e. The van der Waals surface area contributed by atoms with Crippen molar-refractivity contribution in [1.29, 1.82) is 0 Å². The molecule has 3 heterocycles. The number of amides is 1. The van der Waals surface area contributed by atoms with E-state index < -0.39 is 10.0 Å². The van der Waals surface area contributed by atoms with E-state index in [1.54, 1.807) is 28.5 Å². The number of sulfonamides is 1. The minimum atomic E-state index is -3.65. The lowest BCUT2D eigenvalue weighted by molar-refractivity contribution is -0.131. The molecule has 3 aromatic rings. The molecule has 1 N–H and O–H groups in total. The fraction of sp³-hybridized carbons (Fsp3) is 0.429. The number of nitrogens with one attached hydrogen (secondary N) is 1. The fourth-order valence-corrected chi connectivity index (χ4v) is 5.21. The number of benzene rings is 1. The summed E-state index contributed by atoms with van der Waals surface area (Å²) >= 11 is 0. The van der Waals surface area contributed by atoms with E-state index in [-0.39, 0.29) is 23.8 Å². The van der Waals surface area contributed by atoms with E-state index >= 15 is 0 Å². The fourth-order valence-electron chi connectivity index (χ4n) is 3.95. The molecule has 1 aliphatic heterocycles. The summed E-state index contributed by atoms with van der Waals surface area (Å²) in [6, 6.07) is 7.15. The van der Waals surface area contributed by atoms with Crippen molar-refractivity contribution in [2.45, 2.75) is 32.1 Å². The van der Waals surface area contributed by atoms with Crippen molar-refractivity contribution in [3.8, 4) is 0 Å². The lowest BCUT2D eigenvalue weighted by Gasteiger charge is -2.36. The zero-order valence-electron chi connectivity index (χ0n) is 18.4. The topological polar surface area (TPSA) is 113 Å². The van der Waals surface area contributed by atoms with Crippen molar-refractivity contribution < 1.29 is 13.2 Å². The second-order valence-corrected chi connectivity index (χ2v) is 9.75. The Kier molecular flexibility index (Phi) is 6.11. The maximum absolute atomic E-state index is 12.6. The Balaban J connectivity index is 1.31. The SMILES string of the molecule is Cc1ccc(S(=O)(=O)NCCC(=O)N2CCN(c3cc(C)nc4ncnn34)CC2)c(C)c1. The zero-order valence-corrected chi connectivity index (χ0v) is 19.3. The molecule has 0 unspecified atom stereocenters. The standard InChI is InChI=1S/C21H27N7O3S/c1-15-4-5-18(16(2)12-15)32(30,31)24-7-6-20(29)27-10-8-26(9-11-27)19-13-17(3)25-21-22-14-23-28(19)21/h4-5,12-14,24H,6-11H2,1-3H3. The molecule has 1 aliphatic rings. The van der Waals surface area contributed by atoms with Gasteiger partial charge in [0.2, 0.25) is 15.9 Å². The summed E-state index contributed by atoms with van der Waals surface area (Å²) in [4.78, 5) is 25.3. The second-order valence-electron chi connectivity index (χ2n) is 8.01. The number of piperazine rings is 1. The summed E-state index contributed by atoms with van der Waals surface area (Å²) in [5, 5.41) is 4.24. The third-order valence-corrected chi connectivity index (χ3v) is 7.19. The number of carbonyl (C=O) groups excluding carboxylic acids is 1. The third kappa shape index (κ3) is 4.58. The van der Waals surface area contributed by atoms with Crippen molar-refractivity contribution in [1.82, 2.24) is 29.2 Å². The van der Waals surface area contributed by atoms with Crippen LogP contribution in [-0.2, 0) is 14.8 Å². The number of rotatable bonds is 6. The molecule has 0 spiro atoms. The van der Waals surface area contributed by atoms with Crippen molar-refractivity contribution >= 4 is 27.5 Å². The van der Waals surface area contributed by atoms with Gasteiger partial charge in [-0.1, -0.05) is 17.7 Å². The highest BCUT2D eigenvalue weighted by Crippen LogP contribution is 2.19. The summed E-state index contributed by atoms with van der Waals surface area (Å²) in [7, 11) is -3.65. The van der Waals surface area contributed by atoms with Crippen LogP contribution in [0.2, 0.25) is 0 Å². The molecule has 0 aliphatic carbocycles. The molecule has 1 amide bonds. The summed E-state index contributed by atoms with van der Waals surface area (Å²) in [5.74, 6) is 1.39. The van der Waals surface area contributed by atoms with Gasteiger partial charge in [0.15, 0.2) is 0 Å². The Morgan fingerprint density at radius 3 is 2.56 bits per heavy atom. The van der Waals surface area contributed by atoms with Crippen molar-refractivity contribution in [2.75, 3.05) is 37.6 Å². The highest BCUT2D eigenvalue weighted by molar-refractivity contribution is 7.89. The van der Waals surface area contributed by atoms with Crippen molar-refractivity contribution in [3.05, 3.63) is 47.4 Å². The summed E-state index contributed by atoms with van der Waals surface area (Å²) in [6.07, 6.45) is 1.59. The lowest BCUT2D eigenvalue weighted by Crippen LogP contribution is -2.49. The Labute approximate surface area is 187 Å². The van der Waals surface area contributed by atoms with Gasteiger partial charge in [-0.25, -0.2) is 18.1 Å². The van der Waals surface area contributed by atoms with Gasteiger partial charge < -0.3 is 9.80 Å². The summed E-state index contributed by atoms with van der Waals surface area (Å²) in [6.45, 7) is 8.08. The van der Waals surface area contributed by atoms with Gasteiger partial charge in [-0.2, -0.15) is 14.6 Å². The number of carbonyl (C=O) groups is 1. The second kappa shape index (κ2) is 8.83. The number of hydrogen-bond donors (Lipinski definition) is 1. The zero-order chi connectivity index (χ0) is 22.9. The molecule has 32 heavy (non-hydrogen) atoms.